The van der Waals surface area contributed by atoms with Gasteiger partial charge in [-0.3, -0.25) is 4.99 Å². The molecular formula is C18H32N4O2S2. The van der Waals surface area contributed by atoms with Crippen LogP contribution in [0.25, 0.3) is 0 Å². The summed E-state index contributed by atoms with van der Waals surface area (Å²) < 4.78 is 22.6. The summed E-state index contributed by atoms with van der Waals surface area (Å²) in [4.78, 5) is 8.36. The third-order valence-corrected chi connectivity index (χ3v) is 6.63. The van der Waals surface area contributed by atoms with Crippen LogP contribution in [-0.4, -0.2) is 70.1 Å². The summed E-state index contributed by atoms with van der Waals surface area (Å²) in [5.74, 6) is 1.55. The van der Waals surface area contributed by atoms with Crippen LogP contribution in [0.3, 0.4) is 0 Å². The molecule has 1 aliphatic rings. The molecule has 1 aromatic rings. The predicted molar refractivity (Wildman–Crippen MR) is 111 cm³/mol. The minimum atomic E-state index is -2.88. The zero-order valence-electron chi connectivity index (χ0n) is 16.1. The highest BCUT2D eigenvalue weighted by atomic mass is 32.2. The van der Waals surface area contributed by atoms with Gasteiger partial charge in [-0.15, -0.1) is 11.3 Å². The number of aliphatic imine (C=N–C) groups is 1. The van der Waals surface area contributed by atoms with Crippen molar-refractivity contribution in [2.75, 3.05) is 44.7 Å². The van der Waals surface area contributed by atoms with E-state index in [2.05, 4.69) is 46.9 Å². The molecule has 1 atom stereocenters. The third kappa shape index (κ3) is 7.63. The van der Waals surface area contributed by atoms with Crippen LogP contribution in [0.15, 0.2) is 22.5 Å². The average Bonchev–Trinajstić information content (AvgIpc) is 3.13. The normalized spacial score (nSPS) is 18.7. The van der Waals surface area contributed by atoms with Crippen molar-refractivity contribution in [1.29, 1.82) is 0 Å². The molecule has 0 amide bonds. The van der Waals surface area contributed by atoms with Gasteiger partial charge in [-0.05, 0) is 31.2 Å². The number of piperidine rings is 1. The van der Waals surface area contributed by atoms with Crippen molar-refractivity contribution < 1.29 is 8.42 Å². The molecule has 148 valence electrons. The smallest absolute Gasteiger partial charge is 0.191 e. The molecule has 1 fully saturated rings. The minimum absolute atomic E-state index is 0.246. The maximum atomic E-state index is 11.3. The van der Waals surface area contributed by atoms with E-state index in [1.54, 1.807) is 11.3 Å². The number of hydrogen-bond donors (Lipinski definition) is 2. The Morgan fingerprint density at radius 1 is 1.42 bits per heavy atom. The van der Waals surface area contributed by atoms with Crippen LogP contribution in [-0.2, 0) is 9.84 Å². The molecule has 1 aromatic heterocycles. The Kier molecular flexibility index (Phi) is 8.37. The van der Waals surface area contributed by atoms with Gasteiger partial charge in [0.25, 0.3) is 0 Å². The molecule has 1 unspecified atom stereocenters. The molecule has 2 rings (SSSR count). The monoisotopic (exact) mass is 400 g/mol. The Bertz CT molecular complexity index is 651. The van der Waals surface area contributed by atoms with Crippen molar-refractivity contribution in [1.82, 2.24) is 15.5 Å². The van der Waals surface area contributed by atoms with Crippen molar-refractivity contribution >= 4 is 27.1 Å². The van der Waals surface area contributed by atoms with Gasteiger partial charge < -0.3 is 15.5 Å². The molecular weight excluding hydrogens is 368 g/mol. The van der Waals surface area contributed by atoms with Crippen LogP contribution in [0.2, 0.25) is 0 Å². The summed E-state index contributed by atoms with van der Waals surface area (Å²) in [5, 5.41) is 8.99. The van der Waals surface area contributed by atoms with Crippen LogP contribution >= 0.6 is 11.3 Å². The van der Waals surface area contributed by atoms with Gasteiger partial charge in [0, 0.05) is 49.3 Å². The molecule has 0 aliphatic carbocycles. The Balaban J connectivity index is 1.80. The van der Waals surface area contributed by atoms with E-state index in [1.807, 2.05) is 0 Å². The maximum absolute atomic E-state index is 11.3. The van der Waals surface area contributed by atoms with E-state index in [1.165, 1.54) is 11.1 Å². The number of nitrogens with one attached hydrogen (secondary N) is 2. The van der Waals surface area contributed by atoms with Crippen molar-refractivity contribution in [2.24, 2.45) is 4.99 Å². The second kappa shape index (κ2) is 10.3. The predicted octanol–water partition coefficient (Wildman–Crippen LogP) is 1.92. The number of rotatable bonds is 8. The first-order chi connectivity index (χ1) is 12.4. The van der Waals surface area contributed by atoms with Gasteiger partial charge in [0.05, 0.1) is 12.3 Å². The number of sulfone groups is 1. The maximum Gasteiger partial charge on any atom is 0.191 e. The number of nitrogens with zero attached hydrogens (tertiary/aromatic N) is 2. The topological polar surface area (TPSA) is 73.8 Å². The summed E-state index contributed by atoms with van der Waals surface area (Å²) in [6, 6.07) is 4.64. The SMILES string of the molecule is CCNC(=NCC(C)c1cccs1)NC1CCN(CCS(C)(=O)=O)CC1. The average molecular weight is 401 g/mol. The second-order valence-corrected chi connectivity index (χ2v) is 10.3. The third-order valence-electron chi connectivity index (χ3n) is 4.60. The number of thiophene rings is 1. The molecule has 2 heterocycles. The molecule has 0 saturated carbocycles. The Morgan fingerprint density at radius 3 is 2.73 bits per heavy atom. The van der Waals surface area contributed by atoms with Gasteiger partial charge in [0.15, 0.2) is 5.96 Å². The lowest BCUT2D eigenvalue weighted by molar-refractivity contribution is 0.216. The first-order valence-electron chi connectivity index (χ1n) is 9.35. The van der Waals surface area contributed by atoms with Crippen molar-refractivity contribution in [3.8, 4) is 0 Å². The lowest BCUT2D eigenvalue weighted by Crippen LogP contribution is -2.49. The first kappa shape index (κ1) is 21.2. The highest BCUT2D eigenvalue weighted by Crippen LogP contribution is 2.20. The van der Waals surface area contributed by atoms with Crippen LogP contribution in [0, 0.1) is 0 Å². The fourth-order valence-electron chi connectivity index (χ4n) is 3.00. The number of hydrogen-bond acceptors (Lipinski definition) is 5. The molecule has 0 bridgehead atoms. The van der Waals surface area contributed by atoms with Gasteiger partial charge >= 0.3 is 0 Å². The van der Waals surface area contributed by atoms with Crippen LogP contribution in [0.1, 0.15) is 37.5 Å². The molecule has 0 aromatic carbocycles. The van der Waals surface area contributed by atoms with Crippen molar-refractivity contribution in [3.05, 3.63) is 22.4 Å². The van der Waals surface area contributed by atoms with E-state index in [0.717, 1.165) is 45.0 Å². The molecule has 2 N–H and O–H groups in total. The highest BCUT2D eigenvalue weighted by molar-refractivity contribution is 7.90. The summed E-state index contributed by atoms with van der Waals surface area (Å²) in [6.07, 6.45) is 3.32. The van der Waals surface area contributed by atoms with E-state index < -0.39 is 9.84 Å². The number of likely N-dealkylation sites (tertiary alicyclic amines) is 1. The summed E-state index contributed by atoms with van der Waals surface area (Å²) in [5.41, 5.74) is 0. The molecule has 8 heteroatoms. The molecule has 26 heavy (non-hydrogen) atoms. The fourth-order valence-corrected chi connectivity index (χ4v) is 4.37. The van der Waals surface area contributed by atoms with E-state index in [0.29, 0.717) is 18.5 Å². The molecule has 0 radical (unpaired) electrons. The van der Waals surface area contributed by atoms with Gasteiger partial charge in [-0.2, -0.15) is 0 Å². The van der Waals surface area contributed by atoms with Crippen LogP contribution in [0.4, 0.5) is 0 Å². The molecule has 1 aliphatic heterocycles. The lowest BCUT2D eigenvalue weighted by atomic mass is 10.1. The van der Waals surface area contributed by atoms with Crippen LogP contribution < -0.4 is 10.6 Å². The minimum Gasteiger partial charge on any atom is -0.357 e. The van der Waals surface area contributed by atoms with Crippen molar-refractivity contribution in [3.63, 3.8) is 0 Å². The fraction of sp³-hybridized carbons (Fsp3) is 0.722. The highest BCUT2D eigenvalue weighted by Gasteiger charge is 2.20. The quantitative estimate of drug-likeness (QED) is 0.515. The van der Waals surface area contributed by atoms with Crippen molar-refractivity contribution in [2.45, 2.75) is 38.6 Å². The molecule has 1 saturated heterocycles. The van der Waals surface area contributed by atoms with Gasteiger partial charge in [-0.1, -0.05) is 13.0 Å². The molecule has 0 spiro atoms. The molecule has 6 nitrogen and oxygen atoms in total. The summed E-state index contributed by atoms with van der Waals surface area (Å²) >= 11 is 1.78. The Hall–Kier alpha value is -1.12. The van der Waals surface area contributed by atoms with Gasteiger partial charge in [0.1, 0.15) is 9.84 Å². The summed E-state index contributed by atoms with van der Waals surface area (Å²) in [7, 11) is -2.88. The van der Waals surface area contributed by atoms with Gasteiger partial charge in [-0.25, -0.2) is 8.42 Å². The van der Waals surface area contributed by atoms with E-state index in [9.17, 15) is 8.42 Å². The van der Waals surface area contributed by atoms with Gasteiger partial charge in [0.2, 0.25) is 0 Å². The first-order valence-corrected chi connectivity index (χ1v) is 12.3. The van der Waals surface area contributed by atoms with E-state index >= 15 is 0 Å². The Labute approximate surface area is 162 Å². The standard InChI is InChI=1S/C18H32N4O2S2/c1-4-19-18(20-14-15(2)17-6-5-12-25-17)21-16-7-9-22(10-8-16)11-13-26(3,23)24/h5-6,12,15-16H,4,7-11,13-14H2,1-3H3,(H2,19,20,21). The number of guanidine groups is 1. The van der Waals surface area contributed by atoms with E-state index in [-0.39, 0.29) is 5.75 Å². The largest absolute Gasteiger partial charge is 0.357 e. The lowest BCUT2D eigenvalue weighted by Gasteiger charge is -2.33. The summed E-state index contributed by atoms with van der Waals surface area (Å²) in [6.45, 7) is 8.39. The Morgan fingerprint density at radius 2 is 2.15 bits per heavy atom. The zero-order valence-corrected chi connectivity index (χ0v) is 17.7. The zero-order chi connectivity index (χ0) is 19.0. The van der Waals surface area contributed by atoms with E-state index in [4.69, 9.17) is 4.99 Å². The second-order valence-electron chi connectivity index (χ2n) is 7.03. The van der Waals surface area contributed by atoms with Crippen LogP contribution in [0.5, 0.6) is 0 Å².